The van der Waals surface area contributed by atoms with Crippen LogP contribution in [0.4, 0.5) is 5.69 Å². The third-order valence-electron chi connectivity index (χ3n) is 3.36. The number of halogens is 1. The third kappa shape index (κ3) is 2.98. The van der Waals surface area contributed by atoms with Gasteiger partial charge in [0.2, 0.25) is 15.9 Å². The molecule has 0 spiro atoms. The second-order valence-corrected chi connectivity index (χ2v) is 7.02. The number of sulfonamides is 1. The predicted molar refractivity (Wildman–Crippen MR) is 78.3 cm³/mol. The number of amides is 1. The maximum absolute atomic E-state index is 12.8. The Labute approximate surface area is 127 Å². The normalized spacial score (nSPS) is 20.4. The molecule has 7 nitrogen and oxygen atoms in total. The van der Waals surface area contributed by atoms with Crippen molar-refractivity contribution in [3.05, 3.63) is 22.7 Å². The lowest BCUT2D eigenvalue weighted by Gasteiger charge is -2.33. The van der Waals surface area contributed by atoms with Crippen molar-refractivity contribution in [3.8, 4) is 0 Å². The van der Waals surface area contributed by atoms with Crippen molar-refractivity contribution in [1.29, 1.82) is 0 Å². The SMILES string of the molecule is Cc1c(N)cc(Cl)cc1S(=O)(=O)N1CCOCC1C(N)=O. The Kier molecular flexibility index (Phi) is 4.43. The number of anilines is 1. The van der Waals surface area contributed by atoms with E-state index in [0.29, 0.717) is 5.56 Å². The number of nitrogens with zero attached hydrogens (tertiary/aromatic N) is 1. The third-order valence-corrected chi connectivity index (χ3v) is 5.61. The van der Waals surface area contributed by atoms with E-state index < -0.39 is 22.0 Å². The summed E-state index contributed by atoms with van der Waals surface area (Å²) in [4.78, 5) is 11.4. The van der Waals surface area contributed by atoms with E-state index in [1.165, 1.54) is 12.1 Å². The molecule has 2 rings (SSSR count). The minimum absolute atomic E-state index is 0.0272. The van der Waals surface area contributed by atoms with E-state index in [2.05, 4.69) is 0 Å². The van der Waals surface area contributed by atoms with Gasteiger partial charge >= 0.3 is 0 Å². The van der Waals surface area contributed by atoms with E-state index in [4.69, 9.17) is 27.8 Å². The lowest BCUT2D eigenvalue weighted by Crippen LogP contribution is -2.54. The zero-order chi connectivity index (χ0) is 15.8. The van der Waals surface area contributed by atoms with Crippen molar-refractivity contribution in [2.75, 3.05) is 25.5 Å². The molecule has 1 fully saturated rings. The molecule has 1 unspecified atom stereocenters. The first-order valence-corrected chi connectivity index (χ1v) is 8.01. The Bertz CT molecular complexity index is 677. The second kappa shape index (κ2) is 5.80. The number of carbonyl (C=O) groups is 1. The second-order valence-electron chi connectivity index (χ2n) is 4.73. The van der Waals surface area contributed by atoms with E-state index in [9.17, 15) is 13.2 Å². The van der Waals surface area contributed by atoms with Gasteiger partial charge in [-0.25, -0.2) is 8.42 Å². The van der Waals surface area contributed by atoms with Gasteiger partial charge in [0, 0.05) is 17.3 Å². The molecule has 21 heavy (non-hydrogen) atoms. The summed E-state index contributed by atoms with van der Waals surface area (Å²) in [5, 5.41) is 0.209. The largest absolute Gasteiger partial charge is 0.398 e. The fraction of sp³-hybridized carbons (Fsp3) is 0.417. The van der Waals surface area contributed by atoms with Crippen LogP contribution in [0.1, 0.15) is 5.56 Å². The van der Waals surface area contributed by atoms with Crippen LogP contribution in [0.15, 0.2) is 17.0 Å². The van der Waals surface area contributed by atoms with Gasteiger partial charge in [-0.05, 0) is 24.6 Å². The minimum atomic E-state index is -3.94. The summed E-state index contributed by atoms with van der Waals surface area (Å²) in [7, 11) is -3.94. The number of hydrogen-bond acceptors (Lipinski definition) is 5. The van der Waals surface area contributed by atoms with Gasteiger partial charge in [-0.3, -0.25) is 4.79 Å². The average Bonchev–Trinajstić information content (AvgIpc) is 2.42. The van der Waals surface area contributed by atoms with E-state index in [1.807, 2.05) is 0 Å². The standard InChI is InChI=1S/C12H16ClN3O4S/c1-7-9(14)4-8(13)5-11(7)21(18,19)16-2-3-20-6-10(16)12(15)17/h4-5,10H,2-3,6,14H2,1H3,(H2,15,17). The van der Waals surface area contributed by atoms with E-state index in [0.717, 1.165) is 4.31 Å². The van der Waals surface area contributed by atoms with Crippen molar-refractivity contribution in [2.45, 2.75) is 17.9 Å². The van der Waals surface area contributed by atoms with Crippen LogP contribution in [0.2, 0.25) is 5.02 Å². The highest BCUT2D eigenvalue weighted by atomic mass is 35.5. The molecule has 1 aliphatic heterocycles. The Hall–Kier alpha value is -1.35. The predicted octanol–water partition coefficient (Wildman–Crippen LogP) is 0.105. The molecule has 1 atom stereocenters. The van der Waals surface area contributed by atoms with Gasteiger partial charge in [0.25, 0.3) is 0 Å². The molecule has 1 aromatic carbocycles. The molecule has 4 N–H and O–H groups in total. The van der Waals surface area contributed by atoms with Gasteiger partial charge in [0.05, 0.1) is 18.1 Å². The number of benzene rings is 1. The smallest absolute Gasteiger partial charge is 0.244 e. The van der Waals surface area contributed by atoms with Crippen molar-refractivity contribution in [1.82, 2.24) is 4.31 Å². The molecule has 116 valence electrons. The first-order chi connectivity index (χ1) is 9.75. The summed E-state index contributed by atoms with van der Waals surface area (Å²) in [6.07, 6.45) is 0. The quantitative estimate of drug-likeness (QED) is 0.761. The molecule has 1 aromatic rings. The molecule has 0 radical (unpaired) electrons. The zero-order valence-electron chi connectivity index (χ0n) is 11.4. The summed E-state index contributed by atoms with van der Waals surface area (Å²) in [6, 6.07) is 1.75. The summed E-state index contributed by atoms with van der Waals surface area (Å²) < 4.78 is 31.7. The molecular weight excluding hydrogens is 318 g/mol. The molecule has 0 saturated carbocycles. The molecule has 1 heterocycles. The van der Waals surface area contributed by atoms with Crippen molar-refractivity contribution >= 4 is 33.2 Å². The van der Waals surface area contributed by atoms with Gasteiger partial charge in [-0.2, -0.15) is 4.31 Å². The Morgan fingerprint density at radius 3 is 2.76 bits per heavy atom. The fourth-order valence-electron chi connectivity index (χ4n) is 2.17. The first kappa shape index (κ1) is 16.0. The molecule has 1 aliphatic rings. The fourth-order valence-corrected chi connectivity index (χ4v) is 4.31. The van der Waals surface area contributed by atoms with E-state index in [1.54, 1.807) is 6.92 Å². The number of ether oxygens (including phenoxy) is 1. The number of primary amides is 1. The molecule has 9 heteroatoms. The van der Waals surface area contributed by atoms with Gasteiger partial charge in [0.1, 0.15) is 6.04 Å². The van der Waals surface area contributed by atoms with Crippen LogP contribution in [0, 0.1) is 6.92 Å². The first-order valence-electron chi connectivity index (χ1n) is 6.19. The maximum Gasteiger partial charge on any atom is 0.244 e. The Morgan fingerprint density at radius 1 is 1.48 bits per heavy atom. The van der Waals surface area contributed by atoms with Crippen LogP contribution in [-0.4, -0.2) is 44.4 Å². The molecule has 1 saturated heterocycles. The molecular formula is C12H16ClN3O4S. The van der Waals surface area contributed by atoms with Crippen molar-refractivity contribution < 1.29 is 17.9 Å². The Balaban J connectivity index is 2.53. The highest BCUT2D eigenvalue weighted by Gasteiger charge is 2.38. The lowest BCUT2D eigenvalue weighted by molar-refractivity contribution is -0.125. The van der Waals surface area contributed by atoms with Crippen LogP contribution < -0.4 is 11.5 Å². The number of nitrogens with two attached hydrogens (primary N) is 2. The van der Waals surface area contributed by atoms with Gasteiger partial charge in [-0.15, -0.1) is 0 Å². The molecule has 1 amide bonds. The summed E-state index contributed by atoms with van der Waals surface area (Å²) in [6.45, 7) is 1.75. The van der Waals surface area contributed by atoms with Crippen LogP contribution in [-0.2, 0) is 19.6 Å². The van der Waals surface area contributed by atoms with Crippen LogP contribution in [0.3, 0.4) is 0 Å². The van der Waals surface area contributed by atoms with Gasteiger partial charge < -0.3 is 16.2 Å². The number of nitrogen functional groups attached to an aromatic ring is 1. The summed E-state index contributed by atoms with van der Waals surface area (Å²) in [5.74, 6) is -0.758. The summed E-state index contributed by atoms with van der Waals surface area (Å²) >= 11 is 5.89. The molecule has 0 aliphatic carbocycles. The highest BCUT2D eigenvalue weighted by molar-refractivity contribution is 7.89. The zero-order valence-corrected chi connectivity index (χ0v) is 12.9. The van der Waals surface area contributed by atoms with Crippen LogP contribution in [0.25, 0.3) is 0 Å². The topological polar surface area (TPSA) is 116 Å². The monoisotopic (exact) mass is 333 g/mol. The Morgan fingerprint density at radius 2 is 2.14 bits per heavy atom. The highest BCUT2D eigenvalue weighted by Crippen LogP contribution is 2.29. The molecule has 0 aromatic heterocycles. The number of rotatable bonds is 3. The number of morpholine rings is 1. The average molecular weight is 334 g/mol. The molecule has 0 bridgehead atoms. The maximum atomic E-state index is 12.8. The lowest BCUT2D eigenvalue weighted by atomic mass is 10.2. The van der Waals surface area contributed by atoms with E-state index >= 15 is 0 Å². The van der Waals surface area contributed by atoms with Crippen LogP contribution in [0.5, 0.6) is 0 Å². The minimum Gasteiger partial charge on any atom is -0.398 e. The van der Waals surface area contributed by atoms with Gasteiger partial charge in [-0.1, -0.05) is 11.6 Å². The van der Waals surface area contributed by atoms with Gasteiger partial charge in [0.15, 0.2) is 0 Å². The van der Waals surface area contributed by atoms with Crippen molar-refractivity contribution in [2.24, 2.45) is 5.73 Å². The van der Waals surface area contributed by atoms with Crippen LogP contribution >= 0.6 is 11.6 Å². The van der Waals surface area contributed by atoms with Crippen molar-refractivity contribution in [3.63, 3.8) is 0 Å². The van der Waals surface area contributed by atoms with E-state index in [-0.39, 0.29) is 35.4 Å². The number of hydrogen-bond donors (Lipinski definition) is 2. The summed E-state index contributed by atoms with van der Waals surface area (Å²) in [5.41, 5.74) is 11.7. The number of carbonyl (C=O) groups excluding carboxylic acids is 1.